The van der Waals surface area contributed by atoms with Gasteiger partial charge in [0.25, 0.3) is 0 Å². The number of hydrogen-bond donors (Lipinski definition) is 1. The molecule has 0 bridgehead atoms. The van der Waals surface area contributed by atoms with Crippen LogP contribution >= 0.6 is 27.5 Å². The van der Waals surface area contributed by atoms with Crippen LogP contribution in [-0.4, -0.2) is 31.6 Å². The van der Waals surface area contributed by atoms with Crippen molar-refractivity contribution >= 4 is 33.3 Å². The molecule has 1 saturated heterocycles. The Hall–Kier alpha value is -0.490. The number of ether oxygens (including phenoxy) is 1. The van der Waals surface area contributed by atoms with Gasteiger partial charge < -0.3 is 10.1 Å². The molecule has 92 valence electrons. The average Bonchev–Trinajstić information content (AvgIpc) is 2.36. The van der Waals surface area contributed by atoms with Gasteiger partial charge in [-0.3, -0.25) is 4.79 Å². The molecule has 1 N–H and O–H groups in total. The summed E-state index contributed by atoms with van der Waals surface area (Å²) < 4.78 is 19.4. The molecule has 1 aliphatic heterocycles. The van der Waals surface area contributed by atoms with E-state index in [0.29, 0.717) is 17.6 Å². The maximum absolute atomic E-state index is 13.8. The van der Waals surface area contributed by atoms with Crippen LogP contribution in [0.5, 0.6) is 0 Å². The third-order valence-electron chi connectivity index (χ3n) is 2.54. The summed E-state index contributed by atoms with van der Waals surface area (Å²) >= 11 is 8.84. The normalized spacial score (nSPS) is 20.3. The lowest BCUT2D eigenvalue weighted by molar-refractivity contribution is 0.0605. The minimum absolute atomic E-state index is 0.0128. The Morgan fingerprint density at radius 1 is 1.59 bits per heavy atom. The number of rotatable bonds is 2. The molecule has 0 aromatic heterocycles. The Morgan fingerprint density at radius 2 is 2.35 bits per heavy atom. The predicted molar refractivity (Wildman–Crippen MR) is 66.1 cm³/mol. The van der Waals surface area contributed by atoms with Gasteiger partial charge in [0.15, 0.2) is 11.6 Å². The van der Waals surface area contributed by atoms with E-state index in [1.54, 1.807) is 6.07 Å². The van der Waals surface area contributed by atoms with Crippen LogP contribution < -0.4 is 5.32 Å². The van der Waals surface area contributed by atoms with Crippen LogP contribution in [0.1, 0.15) is 10.4 Å². The summed E-state index contributed by atoms with van der Waals surface area (Å²) in [5.74, 6) is -1.03. The SMILES string of the molecule is O=C(c1ccc(Br)c(Cl)c1F)C1COCCN1. The molecular weight excluding hydrogens is 312 g/mol. The third-order valence-corrected chi connectivity index (χ3v) is 3.80. The van der Waals surface area contributed by atoms with Gasteiger partial charge in [0.05, 0.1) is 29.8 Å². The summed E-state index contributed by atoms with van der Waals surface area (Å²) in [6.45, 7) is 1.40. The Bertz CT molecular complexity index is 449. The molecular formula is C11H10BrClFNO2. The zero-order valence-corrected chi connectivity index (χ0v) is 11.1. The Labute approximate surface area is 111 Å². The fourth-order valence-corrected chi connectivity index (χ4v) is 2.11. The fraction of sp³-hybridized carbons (Fsp3) is 0.364. The summed E-state index contributed by atoms with van der Waals surface area (Å²) in [4.78, 5) is 12.0. The number of carbonyl (C=O) groups excluding carboxylic acids is 1. The molecule has 0 aliphatic carbocycles. The number of Topliss-reactive ketones (excluding diaryl/α,β-unsaturated/α-hetero) is 1. The van der Waals surface area contributed by atoms with Gasteiger partial charge in [-0.2, -0.15) is 0 Å². The van der Waals surface area contributed by atoms with Crippen molar-refractivity contribution in [3.05, 3.63) is 33.0 Å². The van der Waals surface area contributed by atoms with Crippen LogP contribution in [0.2, 0.25) is 5.02 Å². The van der Waals surface area contributed by atoms with E-state index in [2.05, 4.69) is 21.2 Å². The van der Waals surface area contributed by atoms with Crippen LogP contribution in [0.3, 0.4) is 0 Å². The monoisotopic (exact) mass is 321 g/mol. The van der Waals surface area contributed by atoms with Crippen molar-refractivity contribution in [2.45, 2.75) is 6.04 Å². The van der Waals surface area contributed by atoms with Gasteiger partial charge in [0, 0.05) is 11.0 Å². The number of nitrogens with one attached hydrogen (secondary N) is 1. The predicted octanol–water partition coefficient (Wildman–Crippen LogP) is 2.41. The quantitative estimate of drug-likeness (QED) is 0.671. The van der Waals surface area contributed by atoms with E-state index in [9.17, 15) is 9.18 Å². The fourth-order valence-electron chi connectivity index (χ4n) is 1.64. The van der Waals surface area contributed by atoms with Crippen LogP contribution in [0.4, 0.5) is 4.39 Å². The Balaban J connectivity index is 2.27. The van der Waals surface area contributed by atoms with Gasteiger partial charge in [0.1, 0.15) is 0 Å². The van der Waals surface area contributed by atoms with Crippen LogP contribution in [0.25, 0.3) is 0 Å². The van der Waals surface area contributed by atoms with Crippen molar-refractivity contribution in [3.8, 4) is 0 Å². The van der Waals surface area contributed by atoms with Crippen molar-refractivity contribution in [2.24, 2.45) is 0 Å². The number of ketones is 1. The molecule has 3 nitrogen and oxygen atoms in total. The first-order chi connectivity index (χ1) is 8.11. The zero-order valence-electron chi connectivity index (χ0n) is 8.80. The summed E-state index contributed by atoms with van der Waals surface area (Å²) in [6, 6.07) is 2.47. The Kier molecular flexibility index (Phi) is 4.14. The minimum atomic E-state index is -0.696. The number of carbonyl (C=O) groups is 1. The maximum atomic E-state index is 13.8. The smallest absolute Gasteiger partial charge is 0.185 e. The van der Waals surface area contributed by atoms with Gasteiger partial charge in [-0.15, -0.1) is 0 Å². The molecule has 1 heterocycles. The van der Waals surface area contributed by atoms with E-state index < -0.39 is 11.9 Å². The highest BCUT2D eigenvalue weighted by Gasteiger charge is 2.26. The first kappa shape index (κ1) is 13.0. The topological polar surface area (TPSA) is 38.3 Å². The molecule has 6 heteroatoms. The van der Waals surface area contributed by atoms with Gasteiger partial charge >= 0.3 is 0 Å². The van der Waals surface area contributed by atoms with Gasteiger partial charge in [-0.1, -0.05) is 11.6 Å². The van der Waals surface area contributed by atoms with E-state index in [1.165, 1.54) is 6.07 Å². The molecule has 0 amide bonds. The van der Waals surface area contributed by atoms with Crippen molar-refractivity contribution in [3.63, 3.8) is 0 Å². The van der Waals surface area contributed by atoms with Crippen molar-refractivity contribution < 1.29 is 13.9 Å². The second-order valence-electron chi connectivity index (χ2n) is 3.67. The number of morpholine rings is 1. The minimum Gasteiger partial charge on any atom is -0.378 e. The molecule has 0 spiro atoms. The second-order valence-corrected chi connectivity index (χ2v) is 4.90. The largest absolute Gasteiger partial charge is 0.378 e. The van der Waals surface area contributed by atoms with Gasteiger partial charge in [-0.25, -0.2) is 4.39 Å². The van der Waals surface area contributed by atoms with Gasteiger partial charge in [0.2, 0.25) is 0 Å². The standard InChI is InChI=1S/C11H10BrClFNO2/c12-7-2-1-6(10(14)9(7)13)11(16)8-5-17-4-3-15-8/h1-2,8,15H,3-5H2. The summed E-state index contributed by atoms with van der Waals surface area (Å²) in [5, 5.41) is 2.91. The molecule has 2 rings (SSSR count). The summed E-state index contributed by atoms with van der Waals surface area (Å²) in [6.07, 6.45) is 0. The molecule has 0 radical (unpaired) electrons. The highest BCUT2D eigenvalue weighted by molar-refractivity contribution is 9.10. The number of benzene rings is 1. The molecule has 17 heavy (non-hydrogen) atoms. The molecule has 1 unspecified atom stereocenters. The summed E-state index contributed by atoms with van der Waals surface area (Å²) in [5.41, 5.74) is -0.0128. The second kappa shape index (κ2) is 5.44. The molecule has 1 fully saturated rings. The number of halogens is 3. The van der Waals surface area contributed by atoms with E-state index >= 15 is 0 Å². The van der Waals surface area contributed by atoms with E-state index in [0.717, 1.165) is 0 Å². The molecule has 1 atom stereocenters. The highest BCUT2D eigenvalue weighted by atomic mass is 79.9. The first-order valence-electron chi connectivity index (χ1n) is 5.10. The highest BCUT2D eigenvalue weighted by Crippen LogP contribution is 2.28. The molecule has 1 aliphatic rings. The van der Waals surface area contributed by atoms with E-state index in [4.69, 9.17) is 16.3 Å². The van der Waals surface area contributed by atoms with Crippen molar-refractivity contribution in [1.29, 1.82) is 0 Å². The molecule has 1 aromatic carbocycles. The van der Waals surface area contributed by atoms with Crippen LogP contribution in [0, 0.1) is 5.82 Å². The maximum Gasteiger partial charge on any atom is 0.185 e. The lowest BCUT2D eigenvalue weighted by atomic mass is 10.0. The van der Waals surface area contributed by atoms with Gasteiger partial charge in [-0.05, 0) is 28.1 Å². The first-order valence-corrected chi connectivity index (χ1v) is 6.27. The average molecular weight is 323 g/mol. The van der Waals surface area contributed by atoms with Crippen LogP contribution in [0.15, 0.2) is 16.6 Å². The Morgan fingerprint density at radius 3 is 3.00 bits per heavy atom. The lowest BCUT2D eigenvalue weighted by Gasteiger charge is -2.22. The zero-order chi connectivity index (χ0) is 12.4. The molecule has 0 saturated carbocycles. The molecule has 1 aromatic rings. The van der Waals surface area contributed by atoms with E-state index in [-0.39, 0.29) is 23.0 Å². The number of hydrogen-bond acceptors (Lipinski definition) is 3. The summed E-state index contributed by atoms with van der Waals surface area (Å²) in [7, 11) is 0. The van der Waals surface area contributed by atoms with Crippen molar-refractivity contribution in [2.75, 3.05) is 19.8 Å². The third kappa shape index (κ3) is 2.68. The van der Waals surface area contributed by atoms with Crippen LogP contribution in [-0.2, 0) is 4.74 Å². The van der Waals surface area contributed by atoms with Crippen molar-refractivity contribution in [1.82, 2.24) is 5.32 Å². The van der Waals surface area contributed by atoms with E-state index in [1.807, 2.05) is 0 Å². The lowest BCUT2D eigenvalue weighted by Crippen LogP contribution is -2.46.